The van der Waals surface area contributed by atoms with Gasteiger partial charge in [-0.2, -0.15) is 0 Å². The number of unbranched alkanes of at least 4 members (excludes halogenated alkanes) is 1. The van der Waals surface area contributed by atoms with Crippen molar-refractivity contribution < 1.29 is 58.9 Å². The molecular weight excluding hydrogens is 740 g/mol. The van der Waals surface area contributed by atoms with Crippen molar-refractivity contribution in [3.8, 4) is 39.8 Å². The van der Waals surface area contributed by atoms with Gasteiger partial charge in [-0.05, 0) is 74.8 Å². The number of rotatable bonds is 20. The van der Waals surface area contributed by atoms with Gasteiger partial charge in [-0.3, -0.25) is 9.59 Å². The third-order valence-electron chi connectivity index (χ3n) is 9.05. The molecule has 0 fully saturated rings. The van der Waals surface area contributed by atoms with Crippen LogP contribution in [0.3, 0.4) is 0 Å². The van der Waals surface area contributed by atoms with Crippen LogP contribution in [0.4, 0.5) is 4.79 Å². The minimum atomic E-state index is -1.89. The molecule has 0 saturated carbocycles. The van der Waals surface area contributed by atoms with E-state index >= 15 is 0 Å². The van der Waals surface area contributed by atoms with Crippen LogP contribution in [-0.2, 0) is 14.3 Å². The monoisotopic (exact) mass is 796 g/mol. The van der Waals surface area contributed by atoms with Crippen LogP contribution in [0, 0.1) is 5.41 Å². The van der Waals surface area contributed by atoms with Crippen molar-refractivity contribution in [3.63, 3.8) is 0 Å². The normalized spacial score (nSPS) is 15.1. The molecule has 57 heavy (non-hydrogen) atoms. The van der Waals surface area contributed by atoms with Crippen molar-refractivity contribution in [1.82, 2.24) is 20.9 Å². The molecule has 0 spiro atoms. The van der Waals surface area contributed by atoms with Crippen LogP contribution >= 0.6 is 0 Å². The highest BCUT2D eigenvalue weighted by Crippen LogP contribution is 2.37. The molecule has 0 saturated heterocycles. The number of alkyl carbamates (subject to hydrolysis) is 1. The van der Waals surface area contributed by atoms with E-state index in [0.717, 1.165) is 28.8 Å². The summed E-state index contributed by atoms with van der Waals surface area (Å²) in [5, 5.41) is 56.1. The number of pyridine rings is 1. The number of aromatic nitrogens is 1. The summed E-state index contributed by atoms with van der Waals surface area (Å²) in [7, 11) is 0. The zero-order valence-corrected chi connectivity index (χ0v) is 33.1. The summed E-state index contributed by atoms with van der Waals surface area (Å²) in [6.07, 6.45) is -6.47. The standard InChI is InChI=1S/C41H56N4O12/c1-40(2,3)57-39(53)45-29(20-34(49)42-21-30(47)36(50)37(51)31(48)22-46)38(52)43-23-41(4,5)15-9-10-16-54-35-19-27(17-28(44-35)25-11-7-6-8-12-25)26-13-14-32-33(18-26)56-24-55-32/h6-8,11-14,17-19,29-31,36-37,46-48,50-51H,9-10,15-16,20-24H2,1-5H3,(H,42,49)(H,43,52)(H,45,53)/t29?,30-,31+,36+,37+/m0/s1. The molecule has 3 amide bonds. The lowest BCUT2D eigenvalue weighted by Crippen LogP contribution is -2.53. The number of ether oxygens (including phenoxy) is 4. The van der Waals surface area contributed by atoms with E-state index in [-0.39, 0.29) is 18.8 Å². The molecule has 0 aliphatic carbocycles. The summed E-state index contributed by atoms with van der Waals surface area (Å²) in [6.45, 7) is 8.29. The van der Waals surface area contributed by atoms with Crippen molar-refractivity contribution in [1.29, 1.82) is 0 Å². The number of nitrogens with one attached hydrogen (secondary N) is 3. The second-order valence-electron chi connectivity index (χ2n) is 15.7. The Bertz CT molecular complexity index is 1790. The molecule has 5 atom stereocenters. The van der Waals surface area contributed by atoms with Gasteiger partial charge in [-0.1, -0.05) is 50.2 Å². The first-order valence-electron chi connectivity index (χ1n) is 18.9. The minimum absolute atomic E-state index is 0.182. The predicted octanol–water partition coefficient (Wildman–Crippen LogP) is 2.67. The fourth-order valence-corrected chi connectivity index (χ4v) is 5.82. The van der Waals surface area contributed by atoms with Crippen LogP contribution in [0.25, 0.3) is 22.4 Å². The summed E-state index contributed by atoms with van der Waals surface area (Å²) in [6, 6.07) is 18.2. The molecule has 0 radical (unpaired) electrons. The van der Waals surface area contributed by atoms with Crippen LogP contribution in [0.1, 0.15) is 60.3 Å². The molecule has 1 aliphatic heterocycles. The van der Waals surface area contributed by atoms with E-state index in [2.05, 4.69) is 16.0 Å². The number of fused-ring (bicyclic) bond motifs is 1. The van der Waals surface area contributed by atoms with E-state index in [1.165, 1.54) is 0 Å². The number of carbonyl (C=O) groups is 3. The average Bonchev–Trinajstić information content (AvgIpc) is 3.65. The van der Waals surface area contributed by atoms with E-state index < -0.39 is 73.5 Å². The molecule has 0 bridgehead atoms. The second kappa shape index (κ2) is 20.4. The zero-order valence-electron chi connectivity index (χ0n) is 33.1. The van der Waals surface area contributed by atoms with Crippen LogP contribution < -0.4 is 30.2 Å². The molecule has 312 valence electrons. The summed E-state index contributed by atoms with van der Waals surface area (Å²) < 4.78 is 22.5. The van der Waals surface area contributed by atoms with Gasteiger partial charge in [-0.15, -0.1) is 0 Å². The SMILES string of the molecule is CC(C)(CCCCOc1cc(-c2ccc3c(c2)OCO3)cc(-c2ccccc2)n1)CNC(=O)C(CC(=O)NC[C@H](O)[C@@H](O)[C@H](O)[C@H](O)CO)NC(=O)OC(C)(C)C. The first kappa shape index (κ1) is 44.7. The van der Waals surface area contributed by atoms with E-state index in [4.69, 9.17) is 29.0 Å². The third-order valence-corrected chi connectivity index (χ3v) is 9.05. The Hall–Kier alpha value is -5.00. The van der Waals surface area contributed by atoms with Gasteiger partial charge in [0, 0.05) is 24.7 Å². The maximum absolute atomic E-state index is 13.3. The summed E-state index contributed by atoms with van der Waals surface area (Å²) >= 11 is 0. The smallest absolute Gasteiger partial charge is 0.408 e. The largest absolute Gasteiger partial charge is 0.478 e. The van der Waals surface area contributed by atoms with Crippen LogP contribution in [0.5, 0.6) is 17.4 Å². The second-order valence-corrected chi connectivity index (χ2v) is 15.7. The lowest BCUT2D eigenvalue weighted by Gasteiger charge is -2.28. The van der Waals surface area contributed by atoms with Gasteiger partial charge < -0.3 is 60.4 Å². The molecule has 3 aromatic rings. The quantitative estimate of drug-likeness (QED) is 0.0769. The minimum Gasteiger partial charge on any atom is -0.478 e. The Morgan fingerprint density at radius 3 is 2.23 bits per heavy atom. The molecule has 2 aromatic carbocycles. The lowest BCUT2D eigenvalue weighted by atomic mass is 9.87. The molecule has 1 aliphatic rings. The Kier molecular flexibility index (Phi) is 16.0. The average molecular weight is 797 g/mol. The van der Waals surface area contributed by atoms with Crippen LogP contribution in [0.15, 0.2) is 60.7 Å². The van der Waals surface area contributed by atoms with Crippen molar-refractivity contribution in [2.24, 2.45) is 5.41 Å². The van der Waals surface area contributed by atoms with Gasteiger partial charge in [0.05, 0.1) is 31.4 Å². The molecule has 16 nitrogen and oxygen atoms in total. The Balaban J connectivity index is 1.30. The first-order chi connectivity index (χ1) is 26.9. The zero-order chi connectivity index (χ0) is 41.8. The maximum Gasteiger partial charge on any atom is 0.408 e. The predicted molar refractivity (Wildman–Crippen MR) is 209 cm³/mol. The van der Waals surface area contributed by atoms with Crippen LogP contribution in [0.2, 0.25) is 0 Å². The Morgan fingerprint density at radius 1 is 0.825 bits per heavy atom. The molecule has 4 rings (SSSR count). The van der Waals surface area contributed by atoms with Crippen molar-refractivity contribution in [3.05, 3.63) is 60.7 Å². The summed E-state index contributed by atoms with van der Waals surface area (Å²) in [5.41, 5.74) is 2.30. The number of carbonyl (C=O) groups excluding carboxylic acids is 3. The van der Waals surface area contributed by atoms with Crippen molar-refractivity contribution in [2.75, 3.05) is 33.1 Å². The number of aliphatic hydroxyl groups excluding tert-OH is 5. The molecule has 8 N–H and O–H groups in total. The lowest BCUT2D eigenvalue weighted by molar-refractivity contribution is -0.130. The fourth-order valence-electron chi connectivity index (χ4n) is 5.82. The summed E-state index contributed by atoms with van der Waals surface area (Å²) in [4.78, 5) is 43.5. The maximum atomic E-state index is 13.3. The molecule has 1 aromatic heterocycles. The Morgan fingerprint density at radius 2 is 1.53 bits per heavy atom. The highest BCUT2D eigenvalue weighted by Gasteiger charge is 2.32. The third kappa shape index (κ3) is 14.2. The summed E-state index contributed by atoms with van der Waals surface area (Å²) in [5.74, 6) is 0.448. The van der Waals surface area contributed by atoms with Gasteiger partial charge >= 0.3 is 6.09 Å². The molecule has 1 unspecified atom stereocenters. The number of aliphatic hydroxyl groups is 5. The number of benzene rings is 2. The number of amides is 3. The number of hydrogen-bond acceptors (Lipinski definition) is 13. The van der Waals surface area contributed by atoms with Gasteiger partial charge in [0.1, 0.15) is 30.0 Å². The van der Waals surface area contributed by atoms with Gasteiger partial charge in [-0.25, -0.2) is 9.78 Å². The van der Waals surface area contributed by atoms with E-state index in [1.54, 1.807) is 20.8 Å². The first-order valence-corrected chi connectivity index (χ1v) is 18.9. The number of hydrogen-bond donors (Lipinski definition) is 8. The van der Waals surface area contributed by atoms with E-state index in [0.29, 0.717) is 36.8 Å². The van der Waals surface area contributed by atoms with Crippen LogP contribution in [-0.4, -0.2) is 118 Å². The van der Waals surface area contributed by atoms with E-state index in [1.807, 2.05) is 74.5 Å². The molecular formula is C41H56N4O12. The highest BCUT2D eigenvalue weighted by atomic mass is 16.7. The van der Waals surface area contributed by atoms with E-state index in [9.17, 15) is 34.8 Å². The van der Waals surface area contributed by atoms with Crippen molar-refractivity contribution >= 4 is 17.9 Å². The van der Waals surface area contributed by atoms with Gasteiger partial charge in [0.15, 0.2) is 11.5 Å². The highest BCUT2D eigenvalue weighted by molar-refractivity contribution is 5.91. The fraction of sp³-hybridized carbons (Fsp3) is 0.512. The van der Waals surface area contributed by atoms with Crippen molar-refractivity contribution in [2.45, 2.75) is 96.4 Å². The molecule has 2 heterocycles. The number of nitrogens with zero attached hydrogens (tertiary/aromatic N) is 1. The Labute approximate surface area is 332 Å². The molecule has 16 heteroatoms. The van der Waals surface area contributed by atoms with Gasteiger partial charge in [0.25, 0.3) is 0 Å². The topological polar surface area (TPSA) is 238 Å². The van der Waals surface area contributed by atoms with Gasteiger partial charge in [0.2, 0.25) is 24.5 Å².